The monoisotopic (exact) mass is 397 g/mol. The fourth-order valence-corrected chi connectivity index (χ4v) is 3.17. The lowest BCUT2D eigenvalue weighted by atomic mass is 10.2. The minimum Gasteiger partial charge on any atom is -0.497 e. The van der Waals surface area contributed by atoms with Gasteiger partial charge >= 0.3 is 0 Å². The van der Waals surface area contributed by atoms with Crippen molar-refractivity contribution >= 4 is 45.1 Å². The average Bonchev–Trinajstić information content (AvgIpc) is 2.76. The summed E-state index contributed by atoms with van der Waals surface area (Å²) < 4.78 is 8.78. The molecule has 1 aromatic heterocycles. The Hall–Kier alpha value is -1.20. The summed E-state index contributed by atoms with van der Waals surface area (Å²) in [6.07, 6.45) is 0. The Labute approximate surface area is 136 Å². The Kier molecular flexibility index (Phi) is 3.89. The van der Waals surface area contributed by atoms with Crippen molar-refractivity contribution in [1.82, 2.24) is 4.57 Å². The van der Waals surface area contributed by atoms with Crippen LogP contribution in [0.2, 0.25) is 5.02 Å². The summed E-state index contributed by atoms with van der Waals surface area (Å²) in [4.78, 5) is 0. The highest BCUT2D eigenvalue weighted by Crippen LogP contribution is 2.26. The van der Waals surface area contributed by atoms with Gasteiger partial charge < -0.3 is 9.30 Å². The third kappa shape index (κ3) is 2.65. The Morgan fingerprint density at radius 2 is 1.85 bits per heavy atom. The standard InChI is InChI=1S/C16H13ClINO/c1-20-14-6-7-15-12(8-14)9-16(18)19(15)10-11-2-4-13(17)5-3-11/h2-9H,10H2,1H3. The first kappa shape index (κ1) is 13.8. The molecule has 0 fully saturated rings. The van der Waals surface area contributed by atoms with Gasteiger partial charge in [-0.3, -0.25) is 0 Å². The SMILES string of the molecule is COc1ccc2c(c1)cc(I)n2Cc1ccc(Cl)cc1. The molecular formula is C16H13ClINO. The largest absolute Gasteiger partial charge is 0.497 e. The number of methoxy groups -OCH3 is 1. The molecule has 0 N–H and O–H groups in total. The lowest BCUT2D eigenvalue weighted by Crippen LogP contribution is -2.01. The molecule has 0 saturated heterocycles. The normalized spacial score (nSPS) is 10.9. The summed E-state index contributed by atoms with van der Waals surface area (Å²) in [5.41, 5.74) is 2.45. The van der Waals surface area contributed by atoms with E-state index in [4.69, 9.17) is 16.3 Å². The van der Waals surface area contributed by atoms with Crippen molar-refractivity contribution in [2.75, 3.05) is 7.11 Å². The van der Waals surface area contributed by atoms with Gasteiger partial charge in [0.1, 0.15) is 5.75 Å². The summed E-state index contributed by atoms with van der Waals surface area (Å²) in [5, 5.41) is 1.97. The van der Waals surface area contributed by atoms with Crippen molar-refractivity contribution in [3.05, 3.63) is 62.8 Å². The van der Waals surface area contributed by atoms with Crippen molar-refractivity contribution < 1.29 is 4.74 Å². The van der Waals surface area contributed by atoms with Crippen LogP contribution in [0, 0.1) is 3.70 Å². The van der Waals surface area contributed by atoms with E-state index >= 15 is 0 Å². The van der Waals surface area contributed by atoms with Crippen LogP contribution in [0.5, 0.6) is 5.75 Å². The number of nitrogens with zero attached hydrogens (tertiary/aromatic N) is 1. The van der Waals surface area contributed by atoms with Crippen LogP contribution in [-0.2, 0) is 6.54 Å². The molecule has 0 atom stereocenters. The van der Waals surface area contributed by atoms with Crippen molar-refractivity contribution in [2.45, 2.75) is 6.54 Å². The molecule has 102 valence electrons. The van der Waals surface area contributed by atoms with E-state index in [1.807, 2.05) is 18.2 Å². The lowest BCUT2D eigenvalue weighted by Gasteiger charge is -2.08. The zero-order valence-electron chi connectivity index (χ0n) is 10.9. The molecule has 2 aromatic carbocycles. The van der Waals surface area contributed by atoms with Crippen LogP contribution in [0.3, 0.4) is 0 Å². The molecule has 0 amide bonds. The minimum atomic E-state index is 0.769. The summed E-state index contributed by atoms with van der Waals surface area (Å²) in [7, 11) is 1.69. The van der Waals surface area contributed by atoms with Crippen LogP contribution in [0.25, 0.3) is 10.9 Å². The number of benzene rings is 2. The number of fused-ring (bicyclic) bond motifs is 1. The Morgan fingerprint density at radius 3 is 2.55 bits per heavy atom. The molecule has 1 heterocycles. The molecule has 0 bridgehead atoms. The molecule has 2 nitrogen and oxygen atoms in total. The van der Waals surface area contributed by atoms with Gasteiger partial charge in [-0.25, -0.2) is 0 Å². The number of rotatable bonds is 3. The van der Waals surface area contributed by atoms with Crippen molar-refractivity contribution in [3.63, 3.8) is 0 Å². The van der Waals surface area contributed by atoms with E-state index in [2.05, 4.69) is 57.5 Å². The van der Waals surface area contributed by atoms with E-state index in [1.54, 1.807) is 7.11 Å². The third-order valence-electron chi connectivity index (χ3n) is 3.31. The fraction of sp³-hybridized carbons (Fsp3) is 0.125. The molecule has 3 rings (SSSR count). The van der Waals surface area contributed by atoms with Gasteiger partial charge in [0.15, 0.2) is 0 Å². The molecule has 0 saturated carbocycles. The van der Waals surface area contributed by atoms with Crippen LogP contribution in [0.15, 0.2) is 48.5 Å². The van der Waals surface area contributed by atoms with Gasteiger partial charge in [0.2, 0.25) is 0 Å². The van der Waals surface area contributed by atoms with E-state index in [1.165, 1.54) is 20.2 Å². The maximum Gasteiger partial charge on any atom is 0.119 e. The molecule has 0 unspecified atom stereocenters. The van der Waals surface area contributed by atoms with E-state index in [0.717, 1.165) is 17.3 Å². The van der Waals surface area contributed by atoms with Crippen molar-refractivity contribution in [3.8, 4) is 5.75 Å². The van der Waals surface area contributed by atoms with E-state index < -0.39 is 0 Å². The summed E-state index contributed by atoms with van der Waals surface area (Å²) in [6, 6.07) is 16.3. The Morgan fingerprint density at radius 1 is 1.10 bits per heavy atom. The number of aromatic nitrogens is 1. The fourth-order valence-electron chi connectivity index (χ4n) is 2.28. The highest BCUT2D eigenvalue weighted by Gasteiger charge is 2.08. The van der Waals surface area contributed by atoms with Crippen molar-refractivity contribution in [2.24, 2.45) is 0 Å². The minimum absolute atomic E-state index is 0.769. The smallest absolute Gasteiger partial charge is 0.119 e. The summed E-state index contributed by atoms with van der Waals surface area (Å²) in [5.74, 6) is 0.887. The predicted octanol–water partition coefficient (Wildman–Crippen LogP) is 4.96. The van der Waals surface area contributed by atoms with Gasteiger partial charge in [-0.2, -0.15) is 0 Å². The molecule has 0 spiro atoms. The van der Waals surface area contributed by atoms with Gasteiger partial charge in [-0.05, 0) is 64.6 Å². The van der Waals surface area contributed by atoms with Crippen molar-refractivity contribution in [1.29, 1.82) is 0 Å². The molecule has 0 radical (unpaired) electrons. The number of halogens is 2. The van der Waals surface area contributed by atoms with Crippen LogP contribution in [0.4, 0.5) is 0 Å². The second-order valence-corrected chi connectivity index (χ2v) is 6.15. The van der Waals surface area contributed by atoms with Crippen LogP contribution in [-0.4, -0.2) is 11.7 Å². The maximum atomic E-state index is 5.93. The molecule has 0 aliphatic carbocycles. The first-order valence-corrected chi connectivity index (χ1v) is 7.70. The lowest BCUT2D eigenvalue weighted by molar-refractivity contribution is 0.415. The van der Waals surface area contributed by atoms with E-state index in [-0.39, 0.29) is 0 Å². The van der Waals surface area contributed by atoms with Gasteiger partial charge in [-0.1, -0.05) is 23.7 Å². The van der Waals surface area contributed by atoms with E-state index in [9.17, 15) is 0 Å². The van der Waals surface area contributed by atoms with Crippen LogP contribution >= 0.6 is 34.2 Å². The number of ether oxygens (including phenoxy) is 1. The van der Waals surface area contributed by atoms with E-state index in [0.29, 0.717) is 0 Å². The molecule has 4 heteroatoms. The zero-order valence-corrected chi connectivity index (χ0v) is 13.9. The van der Waals surface area contributed by atoms with Gasteiger partial charge in [0, 0.05) is 22.5 Å². The molecule has 0 aliphatic rings. The quantitative estimate of drug-likeness (QED) is 0.570. The zero-order chi connectivity index (χ0) is 14.1. The van der Waals surface area contributed by atoms with Crippen LogP contribution in [0.1, 0.15) is 5.56 Å². The molecule has 20 heavy (non-hydrogen) atoms. The topological polar surface area (TPSA) is 14.2 Å². The third-order valence-corrected chi connectivity index (χ3v) is 4.46. The van der Waals surface area contributed by atoms with Gasteiger partial charge in [-0.15, -0.1) is 0 Å². The maximum absolute atomic E-state index is 5.93. The average molecular weight is 398 g/mol. The molecular weight excluding hydrogens is 385 g/mol. The Balaban J connectivity index is 2.02. The first-order chi connectivity index (χ1) is 9.67. The number of hydrogen-bond acceptors (Lipinski definition) is 1. The second-order valence-electron chi connectivity index (χ2n) is 4.60. The van der Waals surface area contributed by atoms with Gasteiger partial charge in [0.05, 0.1) is 10.8 Å². The highest BCUT2D eigenvalue weighted by molar-refractivity contribution is 14.1. The summed E-state index contributed by atoms with van der Waals surface area (Å²) in [6.45, 7) is 0.839. The molecule has 3 aromatic rings. The van der Waals surface area contributed by atoms with Gasteiger partial charge in [0.25, 0.3) is 0 Å². The number of hydrogen-bond donors (Lipinski definition) is 0. The summed E-state index contributed by atoms with van der Waals surface area (Å²) >= 11 is 8.30. The molecule has 0 aliphatic heterocycles. The Bertz CT molecular complexity index is 749. The first-order valence-electron chi connectivity index (χ1n) is 6.24. The second kappa shape index (κ2) is 5.66. The predicted molar refractivity (Wildman–Crippen MR) is 91.8 cm³/mol. The highest BCUT2D eigenvalue weighted by atomic mass is 127. The van der Waals surface area contributed by atoms with Crippen LogP contribution < -0.4 is 4.74 Å².